The van der Waals surface area contributed by atoms with Crippen molar-refractivity contribution in [1.29, 1.82) is 0 Å². The lowest BCUT2D eigenvalue weighted by atomic mass is 9.80. The summed E-state index contributed by atoms with van der Waals surface area (Å²) >= 11 is 5.32. The standard InChI is InChI=1S/C7H4BClF4O2/c9-5-1-3(7(11,12)13)6(10)2-4(5)8(14)15/h1-2,14-15H. The van der Waals surface area contributed by atoms with Gasteiger partial charge in [-0.3, -0.25) is 0 Å². The van der Waals surface area contributed by atoms with Crippen LogP contribution in [0.25, 0.3) is 0 Å². The van der Waals surface area contributed by atoms with E-state index in [1.165, 1.54) is 0 Å². The molecule has 2 N–H and O–H groups in total. The van der Waals surface area contributed by atoms with Gasteiger partial charge in [-0.2, -0.15) is 13.2 Å². The Morgan fingerprint density at radius 1 is 1.20 bits per heavy atom. The molecule has 1 aromatic rings. The Morgan fingerprint density at radius 2 is 1.73 bits per heavy atom. The van der Waals surface area contributed by atoms with E-state index in [0.717, 1.165) is 0 Å². The van der Waals surface area contributed by atoms with Crippen LogP contribution >= 0.6 is 11.6 Å². The Morgan fingerprint density at radius 3 is 2.13 bits per heavy atom. The van der Waals surface area contributed by atoms with Gasteiger partial charge in [-0.05, 0) is 12.1 Å². The second-order valence-electron chi connectivity index (χ2n) is 2.72. The Hall–Kier alpha value is -0.785. The van der Waals surface area contributed by atoms with Crippen molar-refractivity contribution in [1.82, 2.24) is 0 Å². The zero-order valence-corrected chi connectivity index (χ0v) is 7.77. The van der Waals surface area contributed by atoms with Gasteiger partial charge in [0.05, 0.1) is 5.56 Å². The van der Waals surface area contributed by atoms with Crippen LogP contribution in [0.4, 0.5) is 17.6 Å². The smallest absolute Gasteiger partial charge is 0.423 e. The van der Waals surface area contributed by atoms with Gasteiger partial charge < -0.3 is 10.0 Å². The molecular weight excluding hydrogens is 238 g/mol. The quantitative estimate of drug-likeness (QED) is 0.573. The number of hydrogen-bond acceptors (Lipinski definition) is 2. The SMILES string of the molecule is OB(O)c1cc(F)c(C(F)(F)F)cc1Cl. The van der Waals surface area contributed by atoms with Crippen LogP contribution in [0.1, 0.15) is 5.56 Å². The number of benzene rings is 1. The minimum atomic E-state index is -4.87. The molecule has 2 nitrogen and oxygen atoms in total. The molecule has 0 heterocycles. The molecule has 0 bridgehead atoms. The summed E-state index contributed by atoms with van der Waals surface area (Å²) in [6, 6.07) is 0.654. The van der Waals surface area contributed by atoms with Crippen LogP contribution in [0.5, 0.6) is 0 Å². The maximum absolute atomic E-state index is 12.9. The molecule has 0 fully saturated rings. The van der Waals surface area contributed by atoms with Gasteiger partial charge in [-0.25, -0.2) is 4.39 Å². The zero-order valence-electron chi connectivity index (χ0n) is 7.02. The molecule has 0 saturated heterocycles. The molecule has 8 heteroatoms. The predicted octanol–water partition coefficient (Wildman–Crippen LogP) is 1.18. The molecular formula is C7H4BClF4O2. The summed E-state index contributed by atoms with van der Waals surface area (Å²) in [7, 11) is -2.12. The van der Waals surface area contributed by atoms with Gasteiger partial charge in [-0.15, -0.1) is 0 Å². The largest absolute Gasteiger partial charge is 0.490 e. The van der Waals surface area contributed by atoms with Crippen molar-refractivity contribution in [2.75, 3.05) is 0 Å². The highest BCUT2D eigenvalue weighted by Gasteiger charge is 2.35. The average molecular weight is 242 g/mol. The van der Waals surface area contributed by atoms with Crippen LogP contribution in [0, 0.1) is 5.82 Å². The van der Waals surface area contributed by atoms with E-state index in [1.807, 2.05) is 0 Å². The van der Waals surface area contributed by atoms with Gasteiger partial charge >= 0.3 is 13.3 Å². The van der Waals surface area contributed by atoms with Gasteiger partial charge in [-0.1, -0.05) is 11.6 Å². The maximum atomic E-state index is 12.9. The lowest BCUT2D eigenvalue weighted by Gasteiger charge is -2.10. The normalized spacial score (nSPS) is 11.7. The van der Waals surface area contributed by atoms with Gasteiger partial charge in [0, 0.05) is 10.5 Å². The molecule has 1 aromatic carbocycles. The molecule has 1 rings (SSSR count). The van der Waals surface area contributed by atoms with E-state index in [4.69, 9.17) is 21.6 Å². The molecule has 0 atom stereocenters. The lowest BCUT2D eigenvalue weighted by Crippen LogP contribution is -2.32. The number of alkyl halides is 3. The summed E-state index contributed by atoms with van der Waals surface area (Å²) in [5.74, 6) is -1.60. The summed E-state index contributed by atoms with van der Waals surface area (Å²) < 4.78 is 49.3. The predicted molar refractivity (Wildman–Crippen MR) is 46.2 cm³/mol. The average Bonchev–Trinajstić information content (AvgIpc) is 2.06. The minimum Gasteiger partial charge on any atom is -0.423 e. The monoisotopic (exact) mass is 242 g/mol. The van der Waals surface area contributed by atoms with Crippen molar-refractivity contribution >= 4 is 24.2 Å². The lowest BCUT2D eigenvalue weighted by molar-refractivity contribution is -0.139. The molecule has 0 aliphatic carbocycles. The molecule has 0 spiro atoms. The highest BCUT2D eigenvalue weighted by Crippen LogP contribution is 2.32. The molecule has 0 amide bonds. The van der Waals surface area contributed by atoms with Crippen LogP contribution in [-0.4, -0.2) is 17.2 Å². The van der Waals surface area contributed by atoms with E-state index in [0.29, 0.717) is 12.1 Å². The summed E-state index contributed by atoms with van der Waals surface area (Å²) in [5, 5.41) is 16.7. The van der Waals surface area contributed by atoms with Gasteiger partial charge in [0.25, 0.3) is 0 Å². The third kappa shape index (κ3) is 2.61. The molecule has 0 aliphatic heterocycles. The third-order valence-electron chi connectivity index (χ3n) is 1.67. The number of hydrogen-bond donors (Lipinski definition) is 2. The Bertz CT molecular complexity index is 380. The summed E-state index contributed by atoms with van der Waals surface area (Å²) in [6.45, 7) is 0. The first kappa shape index (κ1) is 12.3. The first-order chi connectivity index (χ1) is 6.73. The molecule has 15 heavy (non-hydrogen) atoms. The van der Waals surface area contributed by atoms with E-state index in [2.05, 4.69) is 0 Å². The second-order valence-corrected chi connectivity index (χ2v) is 3.13. The van der Waals surface area contributed by atoms with Gasteiger partial charge in [0.2, 0.25) is 0 Å². The zero-order chi connectivity index (χ0) is 11.8. The third-order valence-corrected chi connectivity index (χ3v) is 2.00. The Balaban J connectivity index is 3.32. The molecule has 0 aliphatic rings. The molecule has 0 saturated carbocycles. The van der Waals surface area contributed by atoms with Crippen molar-refractivity contribution < 1.29 is 27.6 Å². The van der Waals surface area contributed by atoms with E-state index in [-0.39, 0.29) is 0 Å². The van der Waals surface area contributed by atoms with Crippen LogP contribution < -0.4 is 5.46 Å². The fourth-order valence-electron chi connectivity index (χ4n) is 0.977. The number of halogens is 5. The summed E-state index contributed by atoms with van der Waals surface area (Å²) in [6.07, 6.45) is -4.87. The van der Waals surface area contributed by atoms with Crippen molar-refractivity contribution in [3.05, 3.63) is 28.5 Å². The molecule has 0 radical (unpaired) electrons. The molecule has 82 valence electrons. The van der Waals surface area contributed by atoms with Crippen LogP contribution in [0.15, 0.2) is 12.1 Å². The van der Waals surface area contributed by atoms with Crippen LogP contribution in [-0.2, 0) is 6.18 Å². The number of rotatable bonds is 1. The van der Waals surface area contributed by atoms with E-state index < -0.39 is 35.2 Å². The fourth-order valence-corrected chi connectivity index (χ4v) is 1.24. The van der Waals surface area contributed by atoms with Crippen molar-refractivity contribution in [2.45, 2.75) is 6.18 Å². The first-order valence-electron chi connectivity index (χ1n) is 3.65. The molecule has 0 aromatic heterocycles. The highest BCUT2D eigenvalue weighted by molar-refractivity contribution is 6.62. The van der Waals surface area contributed by atoms with Gasteiger partial charge in [0.15, 0.2) is 0 Å². The van der Waals surface area contributed by atoms with Crippen LogP contribution in [0.3, 0.4) is 0 Å². The topological polar surface area (TPSA) is 40.5 Å². The molecule has 0 unspecified atom stereocenters. The van der Waals surface area contributed by atoms with E-state index >= 15 is 0 Å². The Kier molecular flexibility index (Phi) is 3.27. The van der Waals surface area contributed by atoms with Crippen molar-refractivity contribution in [3.8, 4) is 0 Å². The maximum Gasteiger partial charge on any atom is 0.490 e. The van der Waals surface area contributed by atoms with E-state index in [9.17, 15) is 17.6 Å². The fraction of sp³-hybridized carbons (Fsp3) is 0.143. The van der Waals surface area contributed by atoms with Crippen molar-refractivity contribution in [3.63, 3.8) is 0 Å². The second kappa shape index (κ2) is 4.00. The summed E-state index contributed by atoms with van der Waals surface area (Å²) in [4.78, 5) is 0. The first-order valence-corrected chi connectivity index (χ1v) is 4.03. The van der Waals surface area contributed by atoms with Crippen molar-refractivity contribution in [2.24, 2.45) is 0 Å². The Labute approximate surface area is 87.2 Å². The minimum absolute atomic E-state index is 0.311. The highest BCUT2D eigenvalue weighted by atomic mass is 35.5. The van der Waals surface area contributed by atoms with Gasteiger partial charge in [0.1, 0.15) is 5.82 Å². The van der Waals surface area contributed by atoms with Crippen LogP contribution in [0.2, 0.25) is 5.02 Å². The van der Waals surface area contributed by atoms with E-state index in [1.54, 1.807) is 0 Å². The summed E-state index contributed by atoms with van der Waals surface area (Å²) in [5.41, 5.74) is -2.06.